The molecule has 41 heavy (non-hydrogen) atoms. The summed E-state index contributed by atoms with van der Waals surface area (Å²) in [5.41, 5.74) is 6.07. The number of benzene rings is 2. The van der Waals surface area contributed by atoms with Gasteiger partial charge in [-0.15, -0.1) is 0 Å². The number of halogens is 2. The molecule has 9 nitrogen and oxygen atoms in total. The zero-order valence-corrected chi connectivity index (χ0v) is 24.7. The van der Waals surface area contributed by atoms with Gasteiger partial charge in [0.2, 0.25) is 5.88 Å². The zero-order valence-electron chi connectivity index (χ0n) is 23.2. The molecule has 0 unspecified atom stereocenters. The van der Waals surface area contributed by atoms with Crippen molar-refractivity contribution in [2.75, 3.05) is 39.2 Å². The summed E-state index contributed by atoms with van der Waals surface area (Å²) in [6, 6.07) is 14.9. The Kier molecular flexibility index (Phi) is 8.91. The predicted molar refractivity (Wildman–Crippen MR) is 162 cm³/mol. The molecule has 0 saturated carbocycles. The highest BCUT2D eigenvalue weighted by Crippen LogP contribution is 2.41. The Morgan fingerprint density at radius 2 is 1.76 bits per heavy atom. The molecule has 0 saturated heterocycles. The molecule has 0 bridgehead atoms. The summed E-state index contributed by atoms with van der Waals surface area (Å²) < 4.78 is 7.38. The Hall–Kier alpha value is -3.47. The number of fused-ring (bicyclic) bond motifs is 1. The molecular weight excluding hydrogens is 563 g/mol. The summed E-state index contributed by atoms with van der Waals surface area (Å²) in [6.45, 7) is 2.67. The Morgan fingerprint density at radius 1 is 1.02 bits per heavy atom. The second-order valence-electron chi connectivity index (χ2n) is 9.93. The maximum atomic E-state index is 13.3. The normalized spacial score (nSPS) is 13.2. The summed E-state index contributed by atoms with van der Waals surface area (Å²) in [5, 5.41) is 16.0. The van der Waals surface area contributed by atoms with Crippen LogP contribution in [0.15, 0.2) is 48.5 Å². The van der Waals surface area contributed by atoms with Crippen LogP contribution in [0, 0.1) is 0 Å². The second kappa shape index (κ2) is 12.6. The van der Waals surface area contributed by atoms with Crippen molar-refractivity contribution in [1.82, 2.24) is 24.8 Å². The summed E-state index contributed by atoms with van der Waals surface area (Å²) in [7, 11) is 5.48. The molecule has 0 spiro atoms. The number of anilines is 1. The van der Waals surface area contributed by atoms with Gasteiger partial charge in [0, 0.05) is 67.6 Å². The first-order chi connectivity index (χ1) is 19.8. The molecule has 3 N–H and O–H groups in total. The van der Waals surface area contributed by atoms with Gasteiger partial charge in [0.25, 0.3) is 5.91 Å². The quantitative estimate of drug-likeness (QED) is 0.239. The van der Waals surface area contributed by atoms with Crippen LogP contribution >= 0.6 is 23.2 Å². The minimum atomic E-state index is -0.326. The van der Waals surface area contributed by atoms with Gasteiger partial charge < -0.3 is 29.9 Å². The molecule has 2 aromatic heterocycles. The van der Waals surface area contributed by atoms with E-state index in [1.165, 1.54) is 0 Å². The van der Waals surface area contributed by atoms with Gasteiger partial charge in [0.15, 0.2) is 5.82 Å². The minimum absolute atomic E-state index is 0.0480. The van der Waals surface area contributed by atoms with Gasteiger partial charge in [-0.1, -0.05) is 59.6 Å². The van der Waals surface area contributed by atoms with Crippen LogP contribution in [-0.2, 0) is 26.6 Å². The Balaban J connectivity index is 1.43. The third-order valence-electron chi connectivity index (χ3n) is 7.20. The van der Waals surface area contributed by atoms with Gasteiger partial charge in [-0.2, -0.15) is 0 Å². The molecule has 0 fully saturated rings. The summed E-state index contributed by atoms with van der Waals surface area (Å²) in [4.78, 5) is 24.8. The molecule has 214 valence electrons. The molecular formula is C30H32Cl2N6O3. The maximum Gasteiger partial charge on any atom is 0.291 e. The number of aliphatic hydroxyl groups is 1. The third-order valence-corrected chi connectivity index (χ3v) is 8.01. The van der Waals surface area contributed by atoms with E-state index in [4.69, 9.17) is 33.0 Å². The number of imidazole rings is 1. The first-order valence-electron chi connectivity index (χ1n) is 13.3. The fourth-order valence-corrected chi connectivity index (χ4v) is 5.65. The van der Waals surface area contributed by atoms with Gasteiger partial charge in [0.1, 0.15) is 0 Å². The number of rotatable bonds is 9. The number of carbonyl (C=O) groups excluding carboxylic acids is 1. The number of ether oxygens (including phenoxy) is 1. The van der Waals surface area contributed by atoms with Crippen LogP contribution in [0.2, 0.25) is 10.0 Å². The summed E-state index contributed by atoms with van der Waals surface area (Å²) in [6.07, 6.45) is 0.845. The Labute approximate surface area is 249 Å². The number of likely N-dealkylation sites (N-methyl/N-ethyl adjacent to an activating group) is 1. The van der Waals surface area contributed by atoms with Gasteiger partial charge in [-0.3, -0.25) is 4.79 Å². The van der Waals surface area contributed by atoms with Crippen molar-refractivity contribution in [3.05, 3.63) is 81.4 Å². The number of carbonyl (C=O) groups is 1. The number of amides is 1. The van der Waals surface area contributed by atoms with Crippen molar-refractivity contribution < 1.29 is 14.6 Å². The lowest BCUT2D eigenvalue weighted by Crippen LogP contribution is -2.27. The molecule has 1 amide bonds. The number of pyridine rings is 1. The van der Waals surface area contributed by atoms with Crippen molar-refractivity contribution in [2.24, 2.45) is 7.05 Å². The van der Waals surface area contributed by atoms with Crippen LogP contribution in [0.1, 0.15) is 27.6 Å². The number of nitrogens with one attached hydrogen (secondary N) is 2. The number of hydrogen-bond acceptors (Lipinski definition) is 7. The van der Waals surface area contributed by atoms with Crippen molar-refractivity contribution in [3.8, 4) is 28.3 Å². The topological polar surface area (TPSA) is 105 Å². The number of hydrogen-bond donors (Lipinski definition) is 3. The van der Waals surface area contributed by atoms with Crippen LogP contribution < -0.4 is 15.4 Å². The summed E-state index contributed by atoms with van der Waals surface area (Å²) in [5.74, 6) is 0.495. The number of aliphatic hydroxyl groups excluding tert-OH is 1. The van der Waals surface area contributed by atoms with E-state index in [1.54, 1.807) is 13.2 Å². The van der Waals surface area contributed by atoms with Crippen LogP contribution in [0.25, 0.3) is 22.4 Å². The average Bonchev–Trinajstić information content (AvgIpc) is 3.30. The van der Waals surface area contributed by atoms with E-state index in [2.05, 4.69) is 25.5 Å². The highest BCUT2D eigenvalue weighted by molar-refractivity contribution is 6.39. The highest BCUT2D eigenvalue weighted by atomic mass is 35.5. The van der Waals surface area contributed by atoms with Crippen LogP contribution in [0.4, 0.5) is 5.69 Å². The van der Waals surface area contributed by atoms with Gasteiger partial charge in [-0.25, -0.2) is 9.97 Å². The minimum Gasteiger partial charge on any atom is -0.481 e. The third kappa shape index (κ3) is 5.95. The van der Waals surface area contributed by atoms with E-state index >= 15 is 0 Å². The van der Waals surface area contributed by atoms with Gasteiger partial charge >= 0.3 is 0 Å². The molecule has 3 heterocycles. The smallest absolute Gasteiger partial charge is 0.291 e. The Bertz CT molecular complexity index is 1590. The van der Waals surface area contributed by atoms with Crippen molar-refractivity contribution >= 4 is 34.8 Å². The lowest BCUT2D eigenvalue weighted by molar-refractivity contribution is 0.101. The van der Waals surface area contributed by atoms with Gasteiger partial charge in [-0.05, 0) is 19.2 Å². The van der Waals surface area contributed by atoms with Crippen molar-refractivity contribution in [3.63, 3.8) is 0 Å². The van der Waals surface area contributed by atoms with Crippen molar-refractivity contribution in [1.29, 1.82) is 0 Å². The van der Waals surface area contributed by atoms with E-state index in [0.717, 1.165) is 29.9 Å². The van der Waals surface area contributed by atoms with E-state index in [-0.39, 0.29) is 12.5 Å². The SMILES string of the molecule is COc1nc(-c2cccc(-c3cccc(NC(=O)c4nc5c(n4C)CCN(C)C5)c3Cl)c2Cl)ccc1CNCCO. The lowest BCUT2D eigenvalue weighted by Gasteiger charge is -2.21. The lowest BCUT2D eigenvalue weighted by atomic mass is 10.00. The molecule has 1 aliphatic rings. The number of methoxy groups -OCH3 is 1. The Morgan fingerprint density at radius 3 is 2.51 bits per heavy atom. The number of aromatic nitrogens is 3. The summed E-state index contributed by atoms with van der Waals surface area (Å²) >= 11 is 13.8. The molecule has 2 aromatic carbocycles. The van der Waals surface area contributed by atoms with E-state index < -0.39 is 0 Å². The molecule has 5 rings (SSSR count). The molecule has 0 aliphatic carbocycles. The second-order valence-corrected chi connectivity index (χ2v) is 10.7. The zero-order chi connectivity index (χ0) is 29.1. The first-order valence-corrected chi connectivity index (χ1v) is 14.1. The van der Waals surface area contributed by atoms with Crippen LogP contribution in [-0.4, -0.2) is 64.3 Å². The molecule has 0 radical (unpaired) electrons. The number of nitrogens with zero attached hydrogens (tertiary/aromatic N) is 4. The van der Waals surface area contributed by atoms with Crippen LogP contribution in [0.3, 0.4) is 0 Å². The van der Waals surface area contributed by atoms with E-state index in [1.807, 2.05) is 61.1 Å². The fourth-order valence-electron chi connectivity index (χ4n) is 5.05. The maximum absolute atomic E-state index is 13.3. The predicted octanol–water partition coefficient (Wildman–Crippen LogP) is 4.79. The average molecular weight is 596 g/mol. The van der Waals surface area contributed by atoms with E-state index in [0.29, 0.717) is 69.5 Å². The first kappa shape index (κ1) is 29.0. The standard InChI is InChI=1S/C30H32Cl2N6O3/c1-37-14-12-25-24(17-37)34-28(38(25)2)29(40)35-23-9-5-7-20(27(23)32)19-6-4-8-21(26(19)31)22-11-10-18(16-33-13-15-39)30(36-22)41-3/h4-11,33,39H,12-17H2,1-3H3,(H,35,40). The van der Waals surface area contributed by atoms with Crippen molar-refractivity contribution in [2.45, 2.75) is 19.5 Å². The highest BCUT2D eigenvalue weighted by Gasteiger charge is 2.25. The molecule has 0 atom stereocenters. The van der Waals surface area contributed by atoms with E-state index in [9.17, 15) is 4.79 Å². The monoisotopic (exact) mass is 594 g/mol. The molecule has 4 aromatic rings. The largest absolute Gasteiger partial charge is 0.481 e. The fraction of sp³-hybridized carbons (Fsp3) is 0.300. The molecule has 11 heteroatoms. The van der Waals surface area contributed by atoms with Crippen LogP contribution in [0.5, 0.6) is 5.88 Å². The molecule has 1 aliphatic heterocycles. The van der Waals surface area contributed by atoms with Gasteiger partial charge in [0.05, 0.1) is 40.8 Å².